The highest BCUT2D eigenvalue weighted by molar-refractivity contribution is 5.88. The Morgan fingerprint density at radius 2 is 1.90 bits per heavy atom. The molecule has 1 aromatic heterocycles. The standard InChI is InChI=1S/C23H25N3O4/c1-16-12-22(25-30-16)29-15-23(28)26(14-19-8-5-4-6-9-19)17(2)20-10-7-11-21(13-20)24-18(3)27/h4-13,17H,14-15H2,1-3H3,(H,24,27). The largest absolute Gasteiger partial charge is 0.465 e. The third kappa shape index (κ3) is 5.70. The van der Waals surface area contributed by atoms with E-state index in [0.717, 1.165) is 11.1 Å². The van der Waals surface area contributed by atoms with Crippen molar-refractivity contribution < 1.29 is 18.8 Å². The van der Waals surface area contributed by atoms with Gasteiger partial charge >= 0.3 is 0 Å². The molecule has 0 saturated carbocycles. The molecule has 0 bridgehead atoms. The lowest BCUT2D eigenvalue weighted by atomic mass is 10.0. The van der Waals surface area contributed by atoms with E-state index < -0.39 is 0 Å². The first-order chi connectivity index (χ1) is 14.4. The first-order valence-corrected chi connectivity index (χ1v) is 9.69. The van der Waals surface area contributed by atoms with Gasteiger partial charge in [-0.05, 0) is 42.3 Å². The van der Waals surface area contributed by atoms with Crippen LogP contribution in [0.2, 0.25) is 0 Å². The van der Waals surface area contributed by atoms with Crippen molar-refractivity contribution in [3.63, 3.8) is 0 Å². The van der Waals surface area contributed by atoms with Crippen LogP contribution in [0.25, 0.3) is 0 Å². The molecule has 3 aromatic rings. The second-order valence-electron chi connectivity index (χ2n) is 7.05. The Morgan fingerprint density at radius 3 is 2.57 bits per heavy atom. The molecular weight excluding hydrogens is 382 g/mol. The zero-order chi connectivity index (χ0) is 21.5. The van der Waals surface area contributed by atoms with Gasteiger partial charge in [-0.2, -0.15) is 0 Å². The van der Waals surface area contributed by atoms with Gasteiger partial charge in [0.1, 0.15) is 5.76 Å². The molecule has 0 aliphatic heterocycles. The quantitative estimate of drug-likeness (QED) is 0.607. The number of aromatic nitrogens is 1. The molecule has 0 radical (unpaired) electrons. The number of hydrogen-bond donors (Lipinski definition) is 1. The van der Waals surface area contributed by atoms with Crippen LogP contribution in [0.15, 0.2) is 65.2 Å². The van der Waals surface area contributed by atoms with Gasteiger partial charge in [0.2, 0.25) is 5.91 Å². The Balaban J connectivity index is 1.80. The van der Waals surface area contributed by atoms with Crippen LogP contribution in [-0.2, 0) is 16.1 Å². The van der Waals surface area contributed by atoms with Gasteiger partial charge < -0.3 is 19.5 Å². The molecule has 0 aliphatic carbocycles. The third-order valence-corrected chi connectivity index (χ3v) is 4.62. The van der Waals surface area contributed by atoms with Crippen LogP contribution in [0, 0.1) is 6.92 Å². The average molecular weight is 407 g/mol. The van der Waals surface area contributed by atoms with E-state index in [1.807, 2.05) is 61.5 Å². The predicted molar refractivity (Wildman–Crippen MR) is 113 cm³/mol. The van der Waals surface area contributed by atoms with Crippen molar-refractivity contribution in [1.29, 1.82) is 0 Å². The Kier molecular flexibility index (Phi) is 6.85. The molecule has 2 amide bonds. The first kappa shape index (κ1) is 21.1. The van der Waals surface area contributed by atoms with Gasteiger partial charge in [-0.1, -0.05) is 42.5 Å². The zero-order valence-electron chi connectivity index (χ0n) is 17.3. The van der Waals surface area contributed by atoms with Gasteiger partial charge in [-0.25, -0.2) is 0 Å². The highest BCUT2D eigenvalue weighted by atomic mass is 16.5. The molecule has 7 nitrogen and oxygen atoms in total. The lowest BCUT2D eigenvalue weighted by molar-refractivity contribution is -0.136. The van der Waals surface area contributed by atoms with Crippen molar-refractivity contribution in [2.45, 2.75) is 33.4 Å². The monoisotopic (exact) mass is 407 g/mol. The molecule has 7 heteroatoms. The smallest absolute Gasteiger partial charge is 0.261 e. The normalized spacial score (nSPS) is 11.6. The molecule has 1 heterocycles. The Hall–Kier alpha value is -3.61. The minimum absolute atomic E-state index is 0.145. The summed E-state index contributed by atoms with van der Waals surface area (Å²) < 4.78 is 10.5. The number of nitrogens with one attached hydrogen (secondary N) is 1. The summed E-state index contributed by atoms with van der Waals surface area (Å²) >= 11 is 0. The van der Waals surface area contributed by atoms with Gasteiger partial charge in [0, 0.05) is 25.2 Å². The molecule has 1 N–H and O–H groups in total. The van der Waals surface area contributed by atoms with Crippen molar-refractivity contribution in [1.82, 2.24) is 10.1 Å². The SMILES string of the molecule is CC(=O)Nc1cccc(C(C)N(Cc2ccccc2)C(=O)COc2cc(C)on2)c1. The summed E-state index contributed by atoms with van der Waals surface area (Å²) in [4.78, 5) is 26.2. The number of anilines is 1. The maximum absolute atomic E-state index is 13.1. The lowest BCUT2D eigenvalue weighted by Gasteiger charge is -2.30. The van der Waals surface area contributed by atoms with Crippen LogP contribution >= 0.6 is 0 Å². The van der Waals surface area contributed by atoms with Gasteiger partial charge in [0.25, 0.3) is 11.8 Å². The fraction of sp³-hybridized carbons (Fsp3) is 0.261. The van der Waals surface area contributed by atoms with Crippen molar-refractivity contribution >= 4 is 17.5 Å². The van der Waals surface area contributed by atoms with Crippen molar-refractivity contribution in [3.8, 4) is 5.88 Å². The molecular formula is C23H25N3O4. The lowest BCUT2D eigenvalue weighted by Crippen LogP contribution is -2.36. The van der Waals surface area contributed by atoms with E-state index in [2.05, 4.69) is 10.5 Å². The van der Waals surface area contributed by atoms with Crippen LogP contribution < -0.4 is 10.1 Å². The summed E-state index contributed by atoms with van der Waals surface area (Å²) in [5.41, 5.74) is 2.60. The van der Waals surface area contributed by atoms with Crippen molar-refractivity contribution in [3.05, 3.63) is 77.6 Å². The molecule has 30 heavy (non-hydrogen) atoms. The molecule has 0 saturated heterocycles. The summed E-state index contributed by atoms with van der Waals surface area (Å²) in [7, 11) is 0. The van der Waals surface area contributed by atoms with Gasteiger partial charge in [-0.3, -0.25) is 9.59 Å². The van der Waals surface area contributed by atoms with Crippen LogP contribution in [-0.4, -0.2) is 28.5 Å². The van der Waals surface area contributed by atoms with Gasteiger partial charge in [0.05, 0.1) is 6.04 Å². The Bertz CT molecular complexity index is 1000. The predicted octanol–water partition coefficient (Wildman–Crippen LogP) is 4.11. The van der Waals surface area contributed by atoms with Crippen LogP contribution in [0.3, 0.4) is 0 Å². The summed E-state index contributed by atoms with van der Waals surface area (Å²) in [6, 6.07) is 18.6. The minimum Gasteiger partial charge on any atom is -0.465 e. The summed E-state index contributed by atoms with van der Waals surface area (Å²) in [6.45, 7) is 5.44. The van der Waals surface area contributed by atoms with Crippen molar-refractivity contribution in [2.75, 3.05) is 11.9 Å². The van der Waals surface area contributed by atoms with Crippen LogP contribution in [0.1, 0.15) is 36.8 Å². The van der Waals surface area contributed by atoms with Gasteiger partial charge in [0.15, 0.2) is 6.61 Å². The number of aryl methyl sites for hydroxylation is 1. The number of carbonyl (C=O) groups excluding carboxylic acids is 2. The minimum atomic E-state index is -0.242. The average Bonchev–Trinajstić information content (AvgIpc) is 3.15. The summed E-state index contributed by atoms with van der Waals surface area (Å²) in [6.07, 6.45) is 0. The number of amides is 2. The van der Waals surface area contributed by atoms with E-state index in [1.54, 1.807) is 17.9 Å². The maximum atomic E-state index is 13.1. The molecule has 1 atom stereocenters. The number of carbonyl (C=O) groups is 2. The molecule has 0 spiro atoms. The highest BCUT2D eigenvalue weighted by Crippen LogP contribution is 2.25. The third-order valence-electron chi connectivity index (χ3n) is 4.62. The molecule has 1 unspecified atom stereocenters. The van der Waals surface area contributed by atoms with Gasteiger partial charge in [-0.15, -0.1) is 0 Å². The first-order valence-electron chi connectivity index (χ1n) is 9.69. The number of hydrogen-bond acceptors (Lipinski definition) is 5. The molecule has 3 rings (SSSR count). The number of nitrogens with zero attached hydrogens (tertiary/aromatic N) is 2. The number of rotatable bonds is 8. The fourth-order valence-electron chi connectivity index (χ4n) is 3.11. The van der Waals surface area contributed by atoms with Crippen molar-refractivity contribution in [2.24, 2.45) is 0 Å². The molecule has 156 valence electrons. The van der Waals surface area contributed by atoms with E-state index in [-0.39, 0.29) is 30.3 Å². The van der Waals surface area contributed by atoms with E-state index in [1.165, 1.54) is 6.92 Å². The molecule has 0 fully saturated rings. The number of benzene rings is 2. The van der Waals surface area contributed by atoms with E-state index in [4.69, 9.17) is 9.26 Å². The zero-order valence-corrected chi connectivity index (χ0v) is 17.3. The second kappa shape index (κ2) is 9.73. The fourth-order valence-corrected chi connectivity index (χ4v) is 3.11. The summed E-state index contributed by atoms with van der Waals surface area (Å²) in [5, 5.41) is 6.55. The molecule has 0 aliphatic rings. The highest BCUT2D eigenvalue weighted by Gasteiger charge is 2.23. The Morgan fingerprint density at radius 1 is 1.13 bits per heavy atom. The Labute approximate surface area is 175 Å². The van der Waals surface area contributed by atoms with E-state index >= 15 is 0 Å². The number of ether oxygens (including phenoxy) is 1. The second-order valence-corrected chi connectivity index (χ2v) is 7.05. The maximum Gasteiger partial charge on any atom is 0.261 e. The van der Waals surface area contributed by atoms with Crippen LogP contribution in [0.4, 0.5) is 5.69 Å². The molecule has 2 aromatic carbocycles. The summed E-state index contributed by atoms with van der Waals surface area (Å²) in [5.74, 6) is 0.563. The topological polar surface area (TPSA) is 84.7 Å². The van der Waals surface area contributed by atoms with E-state index in [0.29, 0.717) is 18.0 Å². The van der Waals surface area contributed by atoms with E-state index in [9.17, 15) is 9.59 Å². The van der Waals surface area contributed by atoms with Crippen LogP contribution in [0.5, 0.6) is 5.88 Å².